The first-order valence-electron chi connectivity index (χ1n) is 10.7. The summed E-state index contributed by atoms with van der Waals surface area (Å²) in [6, 6.07) is 10.7. The zero-order chi connectivity index (χ0) is 22.9. The maximum absolute atomic E-state index is 14.7. The van der Waals surface area contributed by atoms with E-state index in [0.29, 0.717) is 22.8 Å². The lowest BCUT2D eigenvalue weighted by atomic mass is 9.99. The number of nitro groups is 1. The predicted molar refractivity (Wildman–Crippen MR) is 123 cm³/mol. The molecule has 0 amide bonds. The van der Waals surface area contributed by atoms with Gasteiger partial charge in [0.1, 0.15) is 19.0 Å². The second-order valence-corrected chi connectivity index (χ2v) is 8.16. The Morgan fingerprint density at radius 1 is 1.12 bits per heavy atom. The third-order valence-corrected chi connectivity index (χ3v) is 5.89. The number of hydrogen-bond acceptors (Lipinski definition) is 8. The lowest BCUT2D eigenvalue weighted by Gasteiger charge is -2.33. The van der Waals surface area contributed by atoms with Gasteiger partial charge in [-0.3, -0.25) is 19.9 Å². The quantitative estimate of drug-likeness (QED) is 0.528. The van der Waals surface area contributed by atoms with Crippen molar-refractivity contribution in [2.45, 2.75) is 0 Å². The molecular formula is C23H23FN6O3. The summed E-state index contributed by atoms with van der Waals surface area (Å²) < 4.78 is 14.7. The van der Waals surface area contributed by atoms with Gasteiger partial charge in [-0.25, -0.2) is 14.4 Å². The highest BCUT2D eigenvalue weighted by Gasteiger charge is 2.30. The average molecular weight is 450 g/mol. The number of fused-ring (bicyclic) bond motifs is 3. The van der Waals surface area contributed by atoms with Gasteiger partial charge in [-0.05, 0) is 25.2 Å². The fraction of sp³-hybridized carbons (Fsp3) is 0.304. The Hall–Kier alpha value is -3.63. The number of likely N-dealkylation sites (N-methyl/N-ethyl adjacent to an activating group) is 1. The molecule has 1 saturated heterocycles. The Balaban J connectivity index is 1.56. The maximum atomic E-state index is 14.7. The van der Waals surface area contributed by atoms with E-state index in [1.54, 1.807) is 29.3 Å². The predicted octanol–water partition coefficient (Wildman–Crippen LogP) is 2.82. The number of aliphatic imine (C=N–C) groups is 2. The van der Waals surface area contributed by atoms with Crippen LogP contribution in [0, 0.1) is 15.9 Å². The van der Waals surface area contributed by atoms with Crippen molar-refractivity contribution < 1.29 is 14.2 Å². The van der Waals surface area contributed by atoms with Crippen LogP contribution in [0.3, 0.4) is 0 Å². The van der Waals surface area contributed by atoms with E-state index in [4.69, 9.17) is 9.83 Å². The number of benzene rings is 2. The first-order chi connectivity index (χ1) is 16.0. The number of piperazine rings is 1. The molecule has 33 heavy (non-hydrogen) atoms. The molecule has 0 spiro atoms. The molecule has 1 fully saturated rings. The molecule has 10 heteroatoms. The molecular weight excluding hydrogens is 427 g/mol. The number of hydroxylamine groups is 1. The van der Waals surface area contributed by atoms with Gasteiger partial charge in [0.2, 0.25) is 0 Å². The zero-order valence-electron chi connectivity index (χ0n) is 18.1. The minimum Gasteiger partial charge on any atom is -0.373 e. The van der Waals surface area contributed by atoms with Crippen LogP contribution in [0.5, 0.6) is 0 Å². The van der Waals surface area contributed by atoms with Crippen molar-refractivity contribution in [2.24, 2.45) is 9.98 Å². The normalized spacial score (nSPS) is 20.0. The molecule has 0 aliphatic carbocycles. The van der Waals surface area contributed by atoms with Crippen molar-refractivity contribution >= 4 is 22.9 Å². The van der Waals surface area contributed by atoms with E-state index < -0.39 is 10.7 Å². The molecule has 3 aliphatic heterocycles. The average Bonchev–Trinajstić information content (AvgIpc) is 2.97. The molecule has 0 unspecified atom stereocenters. The minimum atomic E-state index is -0.479. The standard InChI is InChI=1S/C23H23FN6O3/c1-27-8-10-28(11-9-27)14-16-15-33-29-21-7-6-17(30(31)32)12-19(21)23(25-13-22(29)26-16)18-4-2-3-5-20(18)24/h2-7,12,14H,8-11,13,15H2,1H3/b16-14-. The van der Waals surface area contributed by atoms with E-state index in [1.165, 1.54) is 18.2 Å². The van der Waals surface area contributed by atoms with E-state index in [9.17, 15) is 14.5 Å². The number of hydrogen-bond donors (Lipinski definition) is 0. The highest BCUT2D eigenvalue weighted by atomic mass is 19.1. The summed E-state index contributed by atoms with van der Waals surface area (Å²) >= 11 is 0. The van der Waals surface area contributed by atoms with Gasteiger partial charge in [-0.1, -0.05) is 12.1 Å². The summed E-state index contributed by atoms with van der Waals surface area (Å²) in [6.45, 7) is 4.19. The molecule has 0 atom stereocenters. The van der Waals surface area contributed by atoms with E-state index in [-0.39, 0.29) is 24.4 Å². The van der Waals surface area contributed by atoms with Gasteiger partial charge < -0.3 is 9.80 Å². The van der Waals surface area contributed by atoms with Crippen molar-refractivity contribution in [3.8, 4) is 0 Å². The Morgan fingerprint density at radius 3 is 2.67 bits per heavy atom. The Bertz CT molecular complexity index is 1190. The second kappa shape index (κ2) is 8.72. The molecule has 2 aromatic rings. The van der Waals surface area contributed by atoms with Crippen molar-refractivity contribution in [1.29, 1.82) is 0 Å². The van der Waals surface area contributed by atoms with Gasteiger partial charge in [0, 0.05) is 55.6 Å². The summed E-state index contributed by atoms with van der Waals surface area (Å²) in [7, 11) is 2.10. The van der Waals surface area contributed by atoms with Gasteiger partial charge in [0.25, 0.3) is 5.69 Å². The number of nitro benzene ring substituents is 1. The van der Waals surface area contributed by atoms with Crippen LogP contribution in [-0.2, 0) is 4.84 Å². The van der Waals surface area contributed by atoms with Gasteiger partial charge in [0.05, 0.1) is 22.0 Å². The van der Waals surface area contributed by atoms with Crippen LogP contribution in [0.2, 0.25) is 0 Å². The molecule has 0 aromatic heterocycles. The first kappa shape index (κ1) is 21.2. The SMILES string of the molecule is CN1CCN(/C=C2/CON3C(=N2)CN=C(c2ccccc2F)c2cc([N+](=O)[O-])ccc23)CC1. The first-order valence-corrected chi connectivity index (χ1v) is 10.7. The van der Waals surface area contributed by atoms with E-state index in [0.717, 1.165) is 31.9 Å². The number of rotatable bonds is 3. The molecule has 0 saturated carbocycles. The highest BCUT2D eigenvalue weighted by Crippen LogP contribution is 2.33. The van der Waals surface area contributed by atoms with Crippen LogP contribution in [0.15, 0.2) is 64.3 Å². The van der Waals surface area contributed by atoms with Gasteiger partial charge in [-0.15, -0.1) is 0 Å². The Morgan fingerprint density at radius 2 is 1.91 bits per heavy atom. The molecule has 3 heterocycles. The molecule has 5 rings (SSSR count). The summed E-state index contributed by atoms with van der Waals surface area (Å²) in [6.07, 6.45) is 2.01. The monoisotopic (exact) mass is 450 g/mol. The minimum absolute atomic E-state index is 0.106. The van der Waals surface area contributed by atoms with Crippen molar-refractivity contribution in [1.82, 2.24) is 9.80 Å². The van der Waals surface area contributed by atoms with Gasteiger partial charge >= 0.3 is 0 Å². The largest absolute Gasteiger partial charge is 0.373 e. The molecule has 2 aromatic carbocycles. The summed E-state index contributed by atoms with van der Waals surface area (Å²) in [4.78, 5) is 30.9. The number of anilines is 1. The molecule has 0 N–H and O–H groups in total. The highest BCUT2D eigenvalue weighted by molar-refractivity contribution is 6.20. The second-order valence-electron chi connectivity index (χ2n) is 8.16. The van der Waals surface area contributed by atoms with E-state index in [1.807, 2.05) is 6.20 Å². The maximum Gasteiger partial charge on any atom is 0.270 e. The fourth-order valence-electron chi connectivity index (χ4n) is 4.11. The van der Waals surface area contributed by atoms with E-state index >= 15 is 0 Å². The van der Waals surface area contributed by atoms with E-state index in [2.05, 4.69) is 21.8 Å². The molecule has 3 aliphatic rings. The molecule has 0 bridgehead atoms. The number of nitrogens with zero attached hydrogens (tertiary/aromatic N) is 6. The molecule has 170 valence electrons. The van der Waals surface area contributed by atoms with Crippen molar-refractivity contribution in [2.75, 3.05) is 51.4 Å². The van der Waals surface area contributed by atoms with Gasteiger partial charge in [-0.2, -0.15) is 0 Å². The summed E-state index contributed by atoms with van der Waals surface area (Å²) in [5.74, 6) is 0.0927. The lowest BCUT2D eigenvalue weighted by molar-refractivity contribution is -0.384. The molecule has 9 nitrogen and oxygen atoms in total. The van der Waals surface area contributed by atoms with Crippen molar-refractivity contribution in [3.05, 3.63) is 81.4 Å². The third kappa shape index (κ3) is 4.22. The molecule has 0 radical (unpaired) electrons. The van der Waals surface area contributed by atoms with Crippen LogP contribution in [0.1, 0.15) is 11.1 Å². The van der Waals surface area contributed by atoms with Crippen molar-refractivity contribution in [3.63, 3.8) is 0 Å². The topological polar surface area (TPSA) is 86.8 Å². The Kier molecular flexibility index (Phi) is 5.61. The third-order valence-electron chi connectivity index (χ3n) is 5.89. The Labute approximate surface area is 190 Å². The lowest BCUT2D eigenvalue weighted by Crippen LogP contribution is -2.42. The van der Waals surface area contributed by atoms with Crippen LogP contribution in [-0.4, -0.2) is 72.6 Å². The fourth-order valence-corrected chi connectivity index (χ4v) is 4.11. The number of halogens is 1. The van der Waals surface area contributed by atoms with Crippen LogP contribution in [0.25, 0.3) is 0 Å². The number of amidine groups is 1. The summed E-state index contributed by atoms with van der Waals surface area (Å²) in [5, 5.41) is 13.0. The van der Waals surface area contributed by atoms with Crippen LogP contribution in [0.4, 0.5) is 15.8 Å². The summed E-state index contributed by atoms with van der Waals surface area (Å²) in [5.41, 5.74) is 2.23. The van der Waals surface area contributed by atoms with Crippen LogP contribution >= 0.6 is 0 Å². The van der Waals surface area contributed by atoms with Gasteiger partial charge in [0.15, 0.2) is 5.84 Å². The number of non-ortho nitro benzene ring substituents is 1. The smallest absolute Gasteiger partial charge is 0.270 e. The van der Waals surface area contributed by atoms with Crippen LogP contribution < -0.4 is 5.06 Å². The zero-order valence-corrected chi connectivity index (χ0v) is 18.1.